The van der Waals surface area contributed by atoms with Gasteiger partial charge in [-0.3, -0.25) is 24.0 Å². The molecule has 2 aliphatic heterocycles. The summed E-state index contributed by atoms with van der Waals surface area (Å²) in [6, 6.07) is 14.0. The van der Waals surface area contributed by atoms with Crippen LogP contribution < -0.4 is 32.3 Å². The van der Waals surface area contributed by atoms with Crippen molar-refractivity contribution in [2.24, 2.45) is 17.1 Å². The molecule has 17 heteroatoms. The lowest BCUT2D eigenvalue weighted by atomic mass is 9.71. The fourth-order valence-electron chi connectivity index (χ4n) is 8.14. The van der Waals surface area contributed by atoms with Crippen LogP contribution >= 0.6 is 0 Å². The number of ether oxygens (including phenoxy) is 2. The fourth-order valence-corrected chi connectivity index (χ4v) is 8.14. The molecule has 7 amide bonds. The molecule has 364 valence electrons. The maximum atomic E-state index is 14.4. The molecule has 66 heavy (non-hydrogen) atoms. The normalized spacial score (nSPS) is 16.5. The molecule has 0 unspecified atom stereocenters. The molecule has 7 N–H and O–H groups in total. The second-order valence-corrected chi connectivity index (χ2v) is 20.1. The Balaban J connectivity index is 1.52. The summed E-state index contributed by atoms with van der Waals surface area (Å²) in [6.07, 6.45) is 1.81. The minimum Gasteiger partial charge on any atom is -0.444 e. The highest BCUT2D eigenvalue weighted by molar-refractivity contribution is 5.95. The maximum Gasteiger partial charge on any atom is 0.408 e. The summed E-state index contributed by atoms with van der Waals surface area (Å²) in [5, 5.41) is 14.2. The highest BCUT2D eigenvalue weighted by atomic mass is 16.6. The van der Waals surface area contributed by atoms with Gasteiger partial charge in [-0.05, 0) is 97.1 Å². The minimum absolute atomic E-state index is 0.0462. The van der Waals surface area contributed by atoms with Crippen molar-refractivity contribution in [3.63, 3.8) is 0 Å². The first-order valence-electron chi connectivity index (χ1n) is 23.3. The number of carbonyl (C=O) groups is 7. The molecule has 2 fully saturated rings. The van der Waals surface area contributed by atoms with Gasteiger partial charge in [-0.2, -0.15) is 0 Å². The smallest absolute Gasteiger partial charge is 0.408 e. The number of nitrogens with zero attached hydrogens (tertiary/aromatic N) is 2. The lowest BCUT2D eigenvalue weighted by Gasteiger charge is -2.54. The van der Waals surface area contributed by atoms with Gasteiger partial charge in [-0.25, -0.2) is 9.59 Å². The molecule has 2 aliphatic rings. The van der Waals surface area contributed by atoms with Crippen molar-refractivity contribution < 1.29 is 43.0 Å². The van der Waals surface area contributed by atoms with Crippen LogP contribution in [0.1, 0.15) is 105 Å². The zero-order valence-corrected chi connectivity index (χ0v) is 40.2. The molecule has 4 atom stereocenters. The zero-order valence-electron chi connectivity index (χ0n) is 40.2. The second kappa shape index (κ2) is 24.2. The van der Waals surface area contributed by atoms with E-state index in [4.69, 9.17) is 15.2 Å². The van der Waals surface area contributed by atoms with Crippen LogP contribution in [0.4, 0.5) is 9.59 Å². The molecule has 2 saturated heterocycles. The Kier molecular flexibility index (Phi) is 19.4. The molecule has 1 spiro atoms. The summed E-state index contributed by atoms with van der Waals surface area (Å²) in [6.45, 7) is 16.7. The van der Waals surface area contributed by atoms with E-state index in [2.05, 4.69) is 26.6 Å². The van der Waals surface area contributed by atoms with Gasteiger partial charge in [0.1, 0.15) is 35.4 Å². The average molecular weight is 919 g/mol. The van der Waals surface area contributed by atoms with Gasteiger partial charge in [-0.15, -0.1) is 0 Å². The first-order valence-corrected chi connectivity index (χ1v) is 23.3. The van der Waals surface area contributed by atoms with Crippen LogP contribution in [0.2, 0.25) is 0 Å². The van der Waals surface area contributed by atoms with Crippen LogP contribution in [0.15, 0.2) is 60.7 Å². The molecular formula is C49H74N8O9. The van der Waals surface area contributed by atoms with Gasteiger partial charge < -0.3 is 51.6 Å². The standard InChI is InChI=1S/C49H74N8O9/c1-33(2)27-37(53-42(60)38(28-34-17-11-9-12-18-34)54-43(61)39(29-35-19-13-10-14-20-35)55-46(64)66-48(6,7)8)41(59)52-36(21-15-16-24-51-45(63)65-47(3,4)5)44(62)57-31-49(32-57)22-25-56(26-23-49)40(58)30-50/h9-14,17-20,33,36-39H,15-16,21-32,50H2,1-8H3,(H,51,63)(H,52,59)(H,53,60)(H,54,61)(H,55,64)/t36-,37-,38-,39-/m1/s1. The van der Waals surface area contributed by atoms with E-state index in [-0.39, 0.29) is 55.4 Å². The second-order valence-electron chi connectivity index (χ2n) is 20.1. The molecule has 0 saturated carbocycles. The molecule has 0 aromatic heterocycles. The average Bonchev–Trinajstić information content (AvgIpc) is 3.23. The van der Waals surface area contributed by atoms with E-state index in [1.165, 1.54) is 0 Å². The molecule has 17 nitrogen and oxygen atoms in total. The summed E-state index contributed by atoms with van der Waals surface area (Å²) in [7, 11) is 0. The number of piperidine rings is 1. The maximum absolute atomic E-state index is 14.4. The van der Waals surface area contributed by atoms with E-state index in [0.717, 1.165) is 24.0 Å². The van der Waals surface area contributed by atoms with Crippen molar-refractivity contribution >= 4 is 41.7 Å². The Morgan fingerprint density at radius 2 is 1.11 bits per heavy atom. The zero-order chi connectivity index (χ0) is 48.7. The number of amides is 7. The van der Waals surface area contributed by atoms with Crippen LogP contribution in [0.25, 0.3) is 0 Å². The van der Waals surface area contributed by atoms with Crippen molar-refractivity contribution in [1.82, 2.24) is 36.4 Å². The number of hydrogen-bond donors (Lipinski definition) is 6. The van der Waals surface area contributed by atoms with Gasteiger partial charge in [0.2, 0.25) is 29.5 Å². The van der Waals surface area contributed by atoms with E-state index < -0.39 is 65.3 Å². The number of nitrogens with two attached hydrogens (primary N) is 1. The minimum atomic E-state index is -1.17. The summed E-state index contributed by atoms with van der Waals surface area (Å²) < 4.78 is 10.8. The molecule has 2 aromatic carbocycles. The van der Waals surface area contributed by atoms with E-state index in [1.807, 2.05) is 74.5 Å². The van der Waals surface area contributed by atoms with E-state index in [1.54, 1.807) is 51.3 Å². The third-order valence-electron chi connectivity index (χ3n) is 11.5. The number of benzene rings is 2. The molecule has 4 rings (SSSR count). The monoisotopic (exact) mass is 919 g/mol. The third kappa shape index (κ3) is 17.6. The van der Waals surface area contributed by atoms with Gasteiger partial charge >= 0.3 is 12.2 Å². The first-order chi connectivity index (χ1) is 31.0. The molecule has 2 heterocycles. The van der Waals surface area contributed by atoms with Gasteiger partial charge in [0, 0.05) is 51.0 Å². The molecule has 0 aliphatic carbocycles. The van der Waals surface area contributed by atoms with Crippen molar-refractivity contribution in [3.8, 4) is 0 Å². The van der Waals surface area contributed by atoms with Gasteiger partial charge in [-0.1, -0.05) is 74.5 Å². The van der Waals surface area contributed by atoms with Crippen molar-refractivity contribution in [2.45, 2.75) is 142 Å². The number of likely N-dealkylation sites (tertiary alicyclic amines) is 2. The van der Waals surface area contributed by atoms with Crippen LogP contribution in [-0.4, -0.2) is 126 Å². The summed E-state index contributed by atoms with van der Waals surface area (Å²) in [4.78, 5) is 98.2. The van der Waals surface area contributed by atoms with Crippen LogP contribution in [0.3, 0.4) is 0 Å². The molecular weight excluding hydrogens is 845 g/mol. The van der Waals surface area contributed by atoms with Crippen molar-refractivity contribution in [1.29, 1.82) is 0 Å². The molecule has 0 bridgehead atoms. The lowest BCUT2D eigenvalue weighted by molar-refractivity contribution is -0.153. The first kappa shape index (κ1) is 52.9. The molecule has 0 radical (unpaired) electrons. The Bertz CT molecular complexity index is 1930. The van der Waals surface area contributed by atoms with Gasteiger partial charge in [0.25, 0.3) is 0 Å². The lowest BCUT2D eigenvalue weighted by Crippen LogP contribution is -2.66. The quantitative estimate of drug-likeness (QED) is 0.105. The predicted octanol–water partition coefficient (Wildman–Crippen LogP) is 3.97. The summed E-state index contributed by atoms with van der Waals surface area (Å²) >= 11 is 0. The largest absolute Gasteiger partial charge is 0.444 e. The highest BCUT2D eigenvalue weighted by Gasteiger charge is 2.48. The number of rotatable bonds is 20. The Hall–Kier alpha value is -5.71. The van der Waals surface area contributed by atoms with Gasteiger partial charge in [0.15, 0.2) is 0 Å². The Morgan fingerprint density at radius 3 is 1.61 bits per heavy atom. The molecule has 2 aromatic rings. The van der Waals surface area contributed by atoms with Crippen molar-refractivity contribution in [2.75, 3.05) is 39.3 Å². The number of alkyl carbamates (subject to hydrolysis) is 2. The Morgan fingerprint density at radius 1 is 0.636 bits per heavy atom. The van der Waals surface area contributed by atoms with Crippen molar-refractivity contribution in [3.05, 3.63) is 71.8 Å². The topological polar surface area (TPSA) is 231 Å². The number of unbranched alkanes of at least 4 members (excludes halogenated alkanes) is 1. The third-order valence-corrected chi connectivity index (χ3v) is 11.5. The van der Waals surface area contributed by atoms with Gasteiger partial charge in [0.05, 0.1) is 6.54 Å². The number of hydrogen-bond acceptors (Lipinski definition) is 10. The highest BCUT2D eigenvalue weighted by Crippen LogP contribution is 2.41. The fraction of sp³-hybridized carbons (Fsp3) is 0.612. The van der Waals surface area contributed by atoms with Crippen LogP contribution in [0, 0.1) is 11.3 Å². The van der Waals surface area contributed by atoms with Crippen LogP contribution in [-0.2, 0) is 46.3 Å². The van der Waals surface area contributed by atoms with E-state index >= 15 is 0 Å². The van der Waals surface area contributed by atoms with E-state index in [0.29, 0.717) is 45.6 Å². The number of nitrogens with one attached hydrogen (secondary N) is 5. The summed E-state index contributed by atoms with van der Waals surface area (Å²) in [5.74, 6) is -2.20. The SMILES string of the molecule is CC(C)C[C@@H](NC(=O)[C@@H](Cc1ccccc1)NC(=O)[C@@H](Cc1ccccc1)NC(=O)OC(C)(C)C)C(=O)N[C@H](CCCCNC(=O)OC(C)(C)C)C(=O)N1CC2(CCN(C(=O)CN)CC2)C1. The number of carbonyl (C=O) groups excluding carboxylic acids is 7. The Labute approximate surface area is 390 Å². The predicted molar refractivity (Wildman–Crippen MR) is 251 cm³/mol. The van der Waals surface area contributed by atoms with Crippen LogP contribution in [0.5, 0.6) is 0 Å². The van der Waals surface area contributed by atoms with E-state index in [9.17, 15) is 33.6 Å². The summed E-state index contributed by atoms with van der Waals surface area (Å²) in [5.41, 5.74) is 5.50.